The molecule has 7 heteroatoms. The van der Waals surface area contributed by atoms with Crippen molar-refractivity contribution in [2.45, 2.75) is 13.0 Å². The normalized spacial score (nSPS) is 10.8. The molecule has 2 heterocycles. The van der Waals surface area contributed by atoms with E-state index in [1.165, 1.54) is 4.90 Å². The zero-order valence-corrected chi connectivity index (χ0v) is 12.4. The molecule has 0 bridgehead atoms. The number of nitrogens with zero attached hydrogens (tertiary/aromatic N) is 4. The SMILES string of the molecule is CN(C)C(=O)NCCn1c(CCCl)nc2cnccc21. The van der Waals surface area contributed by atoms with Crippen molar-refractivity contribution in [3.05, 3.63) is 24.3 Å². The number of halogens is 1. The van der Waals surface area contributed by atoms with E-state index in [-0.39, 0.29) is 6.03 Å². The number of carbonyl (C=O) groups is 1. The summed E-state index contributed by atoms with van der Waals surface area (Å²) in [6.45, 7) is 1.20. The number of carbonyl (C=O) groups excluding carboxylic acids is 1. The molecule has 2 aromatic rings. The molecule has 0 aliphatic carbocycles. The fourth-order valence-electron chi connectivity index (χ4n) is 1.99. The minimum Gasteiger partial charge on any atom is -0.336 e. The van der Waals surface area contributed by atoms with Gasteiger partial charge in [-0.3, -0.25) is 4.98 Å². The number of fused-ring (bicyclic) bond motifs is 1. The first-order valence-electron chi connectivity index (χ1n) is 6.43. The third kappa shape index (κ3) is 3.19. The molecule has 1 N–H and O–H groups in total. The molecule has 0 unspecified atom stereocenters. The summed E-state index contributed by atoms with van der Waals surface area (Å²) in [7, 11) is 3.43. The number of aryl methyl sites for hydroxylation is 1. The van der Waals surface area contributed by atoms with E-state index in [2.05, 4.69) is 19.9 Å². The molecule has 2 aromatic heterocycles. The van der Waals surface area contributed by atoms with Gasteiger partial charge in [-0.25, -0.2) is 9.78 Å². The molecule has 0 spiro atoms. The molecule has 2 amide bonds. The smallest absolute Gasteiger partial charge is 0.316 e. The second-order valence-corrected chi connectivity index (χ2v) is 4.99. The highest BCUT2D eigenvalue weighted by atomic mass is 35.5. The lowest BCUT2D eigenvalue weighted by atomic mass is 10.4. The van der Waals surface area contributed by atoms with Crippen molar-refractivity contribution in [1.82, 2.24) is 24.8 Å². The van der Waals surface area contributed by atoms with Gasteiger partial charge in [-0.05, 0) is 6.07 Å². The van der Waals surface area contributed by atoms with Gasteiger partial charge in [-0.15, -0.1) is 11.6 Å². The Labute approximate surface area is 122 Å². The number of rotatable bonds is 5. The van der Waals surface area contributed by atoms with Gasteiger partial charge in [0.05, 0.1) is 11.7 Å². The Balaban J connectivity index is 2.14. The predicted octanol–water partition coefficient (Wildman–Crippen LogP) is 1.48. The average molecular weight is 296 g/mol. The van der Waals surface area contributed by atoms with Gasteiger partial charge in [-0.2, -0.15) is 0 Å². The predicted molar refractivity (Wildman–Crippen MR) is 79.0 cm³/mol. The Morgan fingerprint density at radius 3 is 3.00 bits per heavy atom. The molecule has 0 aromatic carbocycles. The molecule has 0 saturated heterocycles. The van der Waals surface area contributed by atoms with E-state index in [0.29, 0.717) is 25.4 Å². The van der Waals surface area contributed by atoms with Crippen molar-refractivity contribution in [3.63, 3.8) is 0 Å². The van der Waals surface area contributed by atoms with Crippen molar-refractivity contribution in [2.75, 3.05) is 26.5 Å². The molecule has 0 aliphatic rings. The van der Waals surface area contributed by atoms with Gasteiger partial charge in [0.1, 0.15) is 11.3 Å². The number of alkyl halides is 1. The molecular weight excluding hydrogens is 278 g/mol. The summed E-state index contributed by atoms with van der Waals surface area (Å²) in [4.78, 5) is 21.6. The van der Waals surface area contributed by atoms with Crippen LogP contribution in [0.1, 0.15) is 5.82 Å². The fraction of sp³-hybridized carbons (Fsp3) is 0.462. The first kappa shape index (κ1) is 14.6. The Morgan fingerprint density at radius 2 is 2.30 bits per heavy atom. The van der Waals surface area contributed by atoms with Gasteiger partial charge >= 0.3 is 6.03 Å². The van der Waals surface area contributed by atoms with E-state index in [4.69, 9.17) is 11.6 Å². The highest BCUT2D eigenvalue weighted by Gasteiger charge is 2.10. The second-order valence-electron chi connectivity index (χ2n) is 4.61. The third-order valence-corrected chi connectivity index (χ3v) is 3.15. The standard InChI is InChI=1S/C13H18ClN5O/c1-18(2)13(20)16-7-8-19-11-4-6-15-9-10(11)17-12(19)3-5-14/h4,6,9H,3,5,7-8H2,1-2H3,(H,16,20). The third-order valence-electron chi connectivity index (χ3n) is 2.97. The summed E-state index contributed by atoms with van der Waals surface area (Å²) in [5, 5.41) is 2.84. The van der Waals surface area contributed by atoms with Crippen LogP contribution in [-0.2, 0) is 13.0 Å². The van der Waals surface area contributed by atoms with Crippen molar-refractivity contribution in [3.8, 4) is 0 Å². The Bertz CT molecular complexity index is 595. The van der Waals surface area contributed by atoms with Crippen molar-refractivity contribution < 1.29 is 4.79 Å². The van der Waals surface area contributed by atoms with Crippen LogP contribution in [0.2, 0.25) is 0 Å². The highest BCUT2D eigenvalue weighted by molar-refractivity contribution is 6.17. The van der Waals surface area contributed by atoms with Crippen molar-refractivity contribution in [1.29, 1.82) is 0 Å². The molecule has 0 atom stereocenters. The van der Waals surface area contributed by atoms with E-state index in [9.17, 15) is 4.79 Å². The number of urea groups is 1. The number of imidazole rings is 1. The number of hydrogen-bond acceptors (Lipinski definition) is 3. The van der Waals surface area contributed by atoms with Crippen LogP contribution in [-0.4, -0.2) is 52.0 Å². The topological polar surface area (TPSA) is 63.1 Å². The van der Waals surface area contributed by atoms with Gasteiger partial charge in [0, 0.05) is 45.7 Å². The molecule has 108 valence electrons. The molecule has 0 saturated carbocycles. The first-order chi connectivity index (χ1) is 9.63. The van der Waals surface area contributed by atoms with Gasteiger partial charge in [0.2, 0.25) is 0 Å². The highest BCUT2D eigenvalue weighted by Crippen LogP contribution is 2.15. The molecule has 0 fully saturated rings. The van der Waals surface area contributed by atoms with Crippen LogP contribution in [0.3, 0.4) is 0 Å². The number of pyridine rings is 1. The molecule has 2 rings (SSSR count). The van der Waals surface area contributed by atoms with Crippen LogP contribution in [0.4, 0.5) is 4.79 Å². The van der Waals surface area contributed by atoms with E-state index < -0.39 is 0 Å². The van der Waals surface area contributed by atoms with Gasteiger partial charge in [-0.1, -0.05) is 0 Å². The fourth-order valence-corrected chi connectivity index (χ4v) is 2.16. The largest absolute Gasteiger partial charge is 0.336 e. The summed E-state index contributed by atoms with van der Waals surface area (Å²) in [5.74, 6) is 1.43. The van der Waals surface area contributed by atoms with E-state index in [1.54, 1.807) is 26.5 Å². The number of amides is 2. The maximum absolute atomic E-state index is 11.5. The summed E-state index contributed by atoms with van der Waals surface area (Å²) in [6.07, 6.45) is 4.17. The lowest BCUT2D eigenvalue weighted by molar-refractivity contribution is 0.217. The Morgan fingerprint density at radius 1 is 1.50 bits per heavy atom. The Kier molecular flexibility index (Phi) is 4.79. The number of aromatic nitrogens is 3. The number of hydrogen-bond donors (Lipinski definition) is 1. The van der Waals surface area contributed by atoms with Crippen LogP contribution < -0.4 is 5.32 Å². The molecule has 0 aliphatic heterocycles. The minimum atomic E-state index is -0.102. The molecule has 0 radical (unpaired) electrons. The number of nitrogens with one attached hydrogen (secondary N) is 1. The zero-order chi connectivity index (χ0) is 14.5. The van der Waals surface area contributed by atoms with Crippen LogP contribution in [0.5, 0.6) is 0 Å². The zero-order valence-electron chi connectivity index (χ0n) is 11.6. The monoisotopic (exact) mass is 295 g/mol. The lowest BCUT2D eigenvalue weighted by Crippen LogP contribution is -2.36. The minimum absolute atomic E-state index is 0.102. The van der Waals surface area contributed by atoms with Crippen molar-refractivity contribution in [2.24, 2.45) is 0 Å². The first-order valence-corrected chi connectivity index (χ1v) is 6.97. The van der Waals surface area contributed by atoms with E-state index in [0.717, 1.165) is 16.9 Å². The van der Waals surface area contributed by atoms with Gasteiger partial charge in [0.15, 0.2) is 0 Å². The van der Waals surface area contributed by atoms with Crippen LogP contribution in [0.15, 0.2) is 18.5 Å². The summed E-state index contributed by atoms with van der Waals surface area (Å²) in [5.41, 5.74) is 1.87. The second kappa shape index (κ2) is 6.56. The summed E-state index contributed by atoms with van der Waals surface area (Å²) in [6, 6.07) is 1.82. The molecular formula is C13H18ClN5O. The van der Waals surface area contributed by atoms with E-state index >= 15 is 0 Å². The summed E-state index contributed by atoms with van der Waals surface area (Å²) >= 11 is 5.82. The van der Waals surface area contributed by atoms with Crippen LogP contribution >= 0.6 is 11.6 Å². The maximum atomic E-state index is 11.5. The lowest BCUT2D eigenvalue weighted by Gasteiger charge is -2.13. The molecule has 6 nitrogen and oxygen atoms in total. The summed E-state index contributed by atoms with van der Waals surface area (Å²) < 4.78 is 2.08. The Hall–Kier alpha value is -1.82. The quantitative estimate of drug-likeness (QED) is 0.850. The van der Waals surface area contributed by atoms with Crippen molar-refractivity contribution >= 4 is 28.7 Å². The van der Waals surface area contributed by atoms with Gasteiger partial charge in [0.25, 0.3) is 0 Å². The van der Waals surface area contributed by atoms with Gasteiger partial charge < -0.3 is 14.8 Å². The maximum Gasteiger partial charge on any atom is 0.316 e. The average Bonchev–Trinajstić information content (AvgIpc) is 2.77. The molecule has 20 heavy (non-hydrogen) atoms. The van der Waals surface area contributed by atoms with Crippen LogP contribution in [0, 0.1) is 0 Å². The van der Waals surface area contributed by atoms with Crippen LogP contribution in [0.25, 0.3) is 11.0 Å². The van der Waals surface area contributed by atoms with E-state index in [1.807, 2.05) is 6.07 Å².